The van der Waals surface area contributed by atoms with Crippen molar-refractivity contribution >= 4 is 17.8 Å². The number of nitrogens with zero attached hydrogens (tertiary/aromatic N) is 1. The molecular formula is C30H48N2O4. The molecule has 0 saturated carbocycles. The first kappa shape index (κ1) is 31.4. The predicted molar refractivity (Wildman–Crippen MR) is 146 cm³/mol. The summed E-state index contributed by atoms with van der Waals surface area (Å²) in [6.45, 7) is 19.8. The van der Waals surface area contributed by atoms with E-state index in [-0.39, 0.29) is 29.7 Å². The molecule has 0 saturated heterocycles. The van der Waals surface area contributed by atoms with Gasteiger partial charge in [-0.3, -0.25) is 9.59 Å². The van der Waals surface area contributed by atoms with E-state index < -0.39 is 22.8 Å². The van der Waals surface area contributed by atoms with Crippen LogP contribution in [0.5, 0.6) is 0 Å². The molecule has 3 atom stereocenters. The van der Waals surface area contributed by atoms with Gasteiger partial charge in [-0.2, -0.15) is 0 Å². The monoisotopic (exact) mass is 500 g/mol. The molecule has 0 bridgehead atoms. The fourth-order valence-corrected chi connectivity index (χ4v) is 4.65. The van der Waals surface area contributed by atoms with Crippen LogP contribution >= 0.6 is 0 Å². The van der Waals surface area contributed by atoms with Gasteiger partial charge in [0.1, 0.15) is 6.04 Å². The van der Waals surface area contributed by atoms with Crippen LogP contribution in [0, 0.1) is 17.3 Å². The molecule has 1 N–H and O–H groups in total. The van der Waals surface area contributed by atoms with Crippen LogP contribution < -0.4 is 5.32 Å². The molecule has 2 amide bonds. The fraction of sp³-hybridized carbons (Fsp3) is 0.633. The molecule has 202 valence electrons. The van der Waals surface area contributed by atoms with Gasteiger partial charge in [-0.05, 0) is 37.2 Å². The van der Waals surface area contributed by atoms with Crippen LogP contribution in [0.15, 0.2) is 42.0 Å². The van der Waals surface area contributed by atoms with Crippen molar-refractivity contribution in [3.05, 3.63) is 47.5 Å². The molecule has 6 heteroatoms. The van der Waals surface area contributed by atoms with Crippen LogP contribution in [0.2, 0.25) is 0 Å². The van der Waals surface area contributed by atoms with Gasteiger partial charge in [-0.15, -0.1) is 0 Å². The Hall–Kier alpha value is -2.63. The van der Waals surface area contributed by atoms with Crippen molar-refractivity contribution in [3.63, 3.8) is 0 Å². The van der Waals surface area contributed by atoms with Crippen molar-refractivity contribution in [2.45, 2.75) is 93.2 Å². The number of benzene rings is 1. The van der Waals surface area contributed by atoms with Crippen LogP contribution in [0.4, 0.5) is 0 Å². The maximum absolute atomic E-state index is 13.8. The van der Waals surface area contributed by atoms with E-state index in [2.05, 4.69) is 19.2 Å². The van der Waals surface area contributed by atoms with Crippen LogP contribution in [-0.4, -0.2) is 48.4 Å². The first-order chi connectivity index (χ1) is 16.6. The highest BCUT2D eigenvalue weighted by Gasteiger charge is 2.41. The highest BCUT2D eigenvalue weighted by molar-refractivity contribution is 5.90. The Balaban J connectivity index is 3.28. The first-order valence-electron chi connectivity index (χ1n) is 13.1. The summed E-state index contributed by atoms with van der Waals surface area (Å²) in [7, 11) is 1.73. The largest absolute Gasteiger partial charge is 0.463 e. The minimum Gasteiger partial charge on any atom is -0.463 e. The topological polar surface area (TPSA) is 75.7 Å². The number of hydrogen-bond acceptors (Lipinski definition) is 4. The Bertz CT molecular complexity index is 913. The molecule has 0 fully saturated rings. The molecule has 0 heterocycles. The second-order valence-corrected chi connectivity index (χ2v) is 11.6. The summed E-state index contributed by atoms with van der Waals surface area (Å²) in [6, 6.07) is 8.96. The number of carbonyl (C=O) groups excluding carboxylic acids is 3. The highest BCUT2D eigenvalue weighted by Crippen LogP contribution is 2.35. The minimum atomic E-state index is -0.729. The van der Waals surface area contributed by atoms with E-state index in [0.717, 1.165) is 5.56 Å². The molecule has 0 aliphatic carbocycles. The van der Waals surface area contributed by atoms with Gasteiger partial charge in [0, 0.05) is 24.0 Å². The summed E-state index contributed by atoms with van der Waals surface area (Å²) < 4.78 is 5.12. The van der Waals surface area contributed by atoms with E-state index in [1.807, 2.05) is 71.9 Å². The average Bonchev–Trinajstić information content (AvgIpc) is 2.80. The molecule has 0 aliphatic heterocycles. The number of ether oxygens (including phenoxy) is 1. The average molecular weight is 501 g/mol. The molecule has 1 aromatic rings. The normalized spacial score (nSPS) is 15.2. The SMILES string of the molecule is CCOC(=O)C(C)=C[C@H](C(C)C)N(C)C(=O)[C@@H](NC(=O)[C@@H](CC)C(C)(C)c1ccccc1)C(C)(C)C. The zero-order chi connectivity index (χ0) is 27.8. The second-order valence-electron chi connectivity index (χ2n) is 11.6. The predicted octanol–water partition coefficient (Wildman–Crippen LogP) is 5.51. The fourth-order valence-electron chi connectivity index (χ4n) is 4.65. The summed E-state index contributed by atoms with van der Waals surface area (Å²) in [5.74, 6) is -0.962. The maximum Gasteiger partial charge on any atom is 0.333 e. The summed E-state index contributed by atoms with van der Waals surface area (Å²) in [5.41, 5.74) is 0.624. The maximum atomic E-state index is 13.8. The van der Waals surface area contributed by atoms with E-state index in [0.29, 0.717) is 18.6 Å². The number of carbonyl (C=O) groups is 3. The number of esters is 1. The summed E-state index contributed by atoms with van der Waals surface area (Å²) in [6.07, 6.45) is 2.43. The summed E-state index contributed by atoms with van der Waals surface area (Å²) in [4.78, 5) is 41.4. The van der Waals surface area contributed by atoms with Gasteiger partial charge in [-0.1, -0.05) is 91.8 Å². The lowest BCUT2D eigenvalue weighted by atomic mass is 9.71. The molecule has 36 heavy (non-hydrogen) atoms. The van der Waals surface area contributed by atoms with Gasteiger partial charge < -0.3 is 15.0 Å². The number of rotatable bonds is 11. The molecule has 6 nitrogen and oxygen atoms in total. The van der Waals surface area contributed by atoms with Crippen molar-refractivity contribution < 1.29 is 19.1 Å². The molecule has 0 aliphatic rings. The van der Waals surface area contributed by atoms with Crippen LogP contribution in [-0.2, 0) is 24.5 Å². The molecule has 0 radical (unpaired) electrons. The van der Waals surface area contributed by atoms with E-state index in [9.17, 15) is 14.4 Å². The first-order valence-corrected chi connectivity index (χ1v) is 13.1. The third kappa shape index (κ3) is 7.94. The van der Waals surface area contributed by atoms with Gasteiger partial charge in [0.2, 0.25) is 11.8 Å². The van der Waals surface area contributed by atoms with Crippen molar-refractivity contribution in [3.8, 4) is 0 Å². The van der Waals surface area contributed by atoms with Crippen molar-refractivity contribution in [1.82, 2.24) is 10.2 Å². The number of hydrogen-bond donors (Lipinski definition) is 1. The van der Waals surface area contributed by atoms with Gasteiger partial charge in [0.15, 0.2) is 0 Å². The lowest BCUT2D eigenvalue weighted by molar-refractivity contribution is -0.142. The molecule has 1 rings (SSSR count). The van der Waals surface area contributed by atoms with Gasteiger partial charge in [0.25, 0.3) is 0 Å². The van der Waals surface area contributed by atoms with E-state index in [4.69, 9.17) is 4.74 Å². The second kappa shape index (κ2) is 13.1. The Labute approximate surface area is 218 Å². The quantitative estimate of drug-likeness (QED) is 0.321. The van der Waals surface area contributed by atoms with Crippen molar-refractivity contribution in [1.29, 1.82) is 0 Å². The number of amides is 2. The minimum absolute atomic E-state index is 0.0556. The van der Waals surface area contributed by atoms with Crippen molar-refractivity contribution in [2.24, 2.45) is 17.3 Å². The van der Waals surface area contributed by atoms with Gasteiger partial charge in [-0.25, -0.2) is 4.79 Å². The van der Waals surface area contributed by atoms with E-state index in [1.165, 1.54) is 0 Å². The number of nitrogens with one attached hydrogen (secondary N) is 1. The molecule has 0 spiro atoms. The van der Waals surface area contributed by atoms with Gasteiger partial charge in [0.05, 0.1) is 12.6 Å². The molecular weight excluding hydrogens is 452 g/mol. The lowest BCUT2D eigenvalue weighted by Gasteiger charge is -2.39. The number of likely N-dealkylation sites (N-methyl/N-ethyl adjacent to an activating group) is 1. The van der Waals surface area contributed by atoms with Gasteiger partial charge >= 0.3 is 5.97 Å². The molecule has 0 unspecified atom stereocenters. The lowest BCUT2D eigenvalue weighted by Crippen LogP contribution is -2.58. The van der Waals surface area contributed by atoms with Crippen LogP contribution in [0.25, 0.3) is 0 Å². The van der Waals surface area contributed by atoms with E-state index in [1.54, 1.807) is 31.9 Å². The summed E-state index contributed by atoms with van der Waals surface area (Å²) >= 11 is 0. The van der Waals surface area contributed by atoms with E-state index >= 15 is 0 Å². The Morgan fingerprint density at radius 3 is 2.03 bits per heavy atom. The van der Waals surface area contributed by atoms with Crippen LogP contribution in [0.1, 0.15) is 81.2 Å². The standard InChI is InChI=1S/C30H48N2O4/c1-12-23(30(9,10)22-17-15-14-16-18-22)26(33)31-25(29(6,7)8)27(34)32(11)24(20(3)4)19-21(5)28(35)36-13-2/h14-20,23-25H,12-13H2,1-11H3,(H,31,33)/t23-,24-,25-/m1/s1. The Morgan fingerprint density at radius 2 is 1.58 bits per heavy atom. The molecule has 1 aromatic carbocycles. The third-order valence-corrected chi connectivity index (χ3v) is 7.01. The molecule has 0 aromatic heterocycles. The summed E-state index contributed by atoms with van der Waals surface area (Å²) in [5, 5.41) is 3.11. The third-order valence-electron chi connectivity index (χ3n) is 7.01. The van der Waals surface area contributed by atoms with Crippen molar-refractivity contribution in [2.75, 3.05) is 13.7 Å². The zero-order valence-electron chi connectivity index (χ0n) is 24.3. The van der Waals surface area contributed by atoms with Crippen LogP contribution in [0.3, 0.4) is 0 Å². The Kier molecular flexibility index (Phi) is 11.4. The zero-order valence-corrected chi connectivity index (χ0v) is 24.3. The highest BCUT2D eigenvalue weighted by atomic mass is 16.5. The smallest absolute Gasteiger partial charge is 0.333 e. The Morgan fingerprint density at radius 1 is 1.03 bits per heavy atom.